The zero-order valence-corrected chi connectivity index (χ0v) is 11.7. The lowest BCUT2D eigenvalue weighted by atomic mass is 10.3. The summed E-state index contributed by atoms with van der Waals surface area (Å²) in [5.41, 5.74) is 1.33. The molecule has 0 amide bonds. The third-order valence-electron chi connectivity index (χ3n) is 2.90. The van der Waals surface area contributed by atoms with E-state index in [4.69, 9.17) is 8.94 Å². The van der Waals surface area contributed by atoms with Gasteiger partial charge in [-0.25, -0.2) is 4.98 Å². The maximum atomic E-state index is 5.44. The van der Waals surface area contributed by atoms with Crippen LogP contribution in [-0.4, -0.2) is 24.9 Å². The number of rotatable bonds is 3. The number of oxazole rings is 1. The molecule has 0 atom stereocenters. The Morgan fingerprint density at radius 2 is 2.29 bits per heavy atom. The lowest BCUT2D eigenvalue weighted by Crippen LogP contribution is -1.84. The molecule has 0 bridgehead atoms. The van der Waals surface area contributed by atoms with Crippen molar-refractivity contribution in [1.82, 2.24) is 24.9 Å². The molecule has 8 heteroatoms. The average molecular weight is 299 g/mol. The second-order valence-corrected chi connectivity index (χ2v) is 5.28. The highest BCUT2D eigenvalue weighted by Crippen LogP contribution is 2.33. The molecule has 0 radical (unpaired) electrons. The molecule has 0 aliphatic rings. The summed E-state index contributed by atoms with van der Waals surface area (Å²) in [5.74, 6) is 1.43. The molecule has 0 fully saturated rings. The van der Waals surface area contributed by atoms with E-state index in [9.17, 15) is 0 Å². The maximum Gasteiger partial charge on any atom is 0.280 e. The molecular weight excluding hydrogens is 290 g/mol. The Balaban J connectivity index is 1.76. The normalized spacial score (nSPS) is 11.1. The SMILES string of the molecule is Cn1cc(-c2noc(-c3ncoc3-c3cccs3)n2)cn1. The summed E-state index contributed by atoms with van der Waals surface area (Å²) in [6, 6.07) is 3.90. The second kappa shape index (κ2) is 4.67. The van der Waals surface area contributed by atoms with E-state index in [1.165, 1.54) is 6.39 Å². The van der Waals surface area contributed by atoms with Crippen LogP contribution in [0.15, 0.2) is 45.2 Å². The fraction of sp³-hybridized carbons (Fsp3) is 0.0769. The van der Waals surface area contributed by atoms with E-state index in [1.807, 2.05) is 30.8 Å². The average Bonchev–Trinajstić information content (AvgIpc) is 3.25. The van der Waals surface area contributed by atoms with Crippen LogP contribution in [0.5, 0.6) is 0 Å². The van der Waals surface area contributed by atoms with Crippen LogP contribution in [0, 0.1) is 0 Å². The van der Waals surface area contributed by atoms with Crippen molar-refractivity contribution < 1.29 is 8.94 Å². The van der Waals surface area contributed by atoms with Crippen LogP contribution in [0.4, 0.5) is 0 Å². The van der Waals surface area contributed by atoms with Gasteiger partial charge < -0.3 is 8.94 Å². The molecule has 0 aliphatic carbocycles. The van der Waals surface area contributed by atoms with Crippen molar-refractivity contribution in [2.45, 2.75) is 0 Å². The smallest absolute Gasteiger partial charge is 0.280 e. The Morgan fingerprint density at radius 1 is 1.33 bits per heavy atom. The van der Waals surface area contributed by atoms with Crippen LogP contribution in [0.3, 0.4) is 0 Å². The first-order valence-corrected chi connectivity index (χ1v) is 6.99. The van der Waals surface area contributed by atoms with Crippen molar-refractivity contribution in [2.24, 2.45) is 7.05 Å². The highest BCUT2D eigenvalue weighted by molar-refractivity contribution is 7.13. The van der Waals surface area contributed by atoms with Gasteiger partial charge in [0.25, 0.3) is 5.89 Å². The summed E-state index contributed by atoms with van der Waals surface area (Å²) in [7, 11) is 1.83. The topological polar surface area (TPSA) is 82.8 Å². The molecule has 4 aromatic heterocycles. The van der Waals surface area contributed by atoms with Gasteiger partial charge >= 0.3 is 0 Å². The number of aryl methyl sites for hydroxylation is 1. The van der Waals surface area contributed by atoms with E-state index < -0.39 is 0 Å². The Labute approximate surface area is 122 Å². The van der Waals surface area contributed by atoms with Gasteiger partial charge in [-0.1, -0.05) is 11.2 Å². The Kier molecular flexibility index (Phi) is 2.68. The lowest BCUT2D eigenvalue weighted by molar-refractivity contribution is 0.431. The third kappa shape index (κ3) is 2.05. The first kappa shape index (κ1) is 12.0. The van der Waals surface area contributed by atoms with Gasteiger partial charge in [0.2, 0.25) is 5.82 Å². The molecule has 0 saturated carbocycles. The van der Waals surface area contributed by atoms with Crippen LogP contribution in [0.2, 0.25) is 0 Å². The number of nitrogens with zero attached hydrogens (tertiary/aromatic N) is 5. The first-order chi connectivity index (χ1) is 10.3. The molecule has 104 valence electrons. The second-order valence-electron chi connectivity index (χ2n) is 4.33. The van der Waals surface area contributed by atoms with Gasteiger partial charge in [-0.3, -0.25) is 4.68 Å². The Hall–Kier alpha value is -2.74. The van der Waals surface area contributed by atoms with Crippen LogP contribution in [0.1, 0.15) is 0 Å². The van der Waals surface area contributed by atoms with Crippen molar-refractivity contribution in [2.75, 3.05) is 0 Å². The van der Waals surface area contributed by atoms with Gasteiger partial charge in [0, 0.05) is 13.2 Å². The molecule has 0 N–H and O–H groups in total. The van der Waals surface area contributed by atoms with Gasteiger partial charge in [0.15, 0.2) is 17.8 Å². The molecule has 4 heterocycles. The minimum Gasteiger partial charge on any atom is -0.442 e. The fourth-order valence-electron chi connectivity index (χ4n) is 1.95. The van der Waals surface area contributed by atoms with E-state index >= 15 is 0 Å². The molecule has 0 unspecified atom stereocenters. The number of thiophene rings is 1. The molecule has 21 heavy (non-hydrogen) atoms. The predicted molar refractivity (Wildman–Crippen MR) is 75.3 cm³/mol. The van der Waals surface area contributed by atoms with E-state index in [1.54, 1.807) is 22.2 Å². The van der Waals surface area contributed by atoms with Crippen LogP contribution in [-0.2, 0) is 7.05 Å². The molecule has 4 aromatic rings. The fourth-order valence-corrected chi connectivity index (χ4v) is 2.67. The zero-order chi connectivity index (χ0) is 14.2. The van der Waals surface area contributed by atoms with Gasteiger partial charge in [-0.15, -0.1) is 11.3 Å². The summed E-state index contributed by atoms with van der Waals surface area (Å²) >= 11 is 1.56. The van der Waals surface area contributed by atoms with E-state index in [2.05, 4.69) is 20.2 Å². The van der Waals surface area contributed by atoms with Crippen LogP contribution in [0.25, 0.3) is 33.6 Å². The summed E-state index contributed by atoms with van der Waals surface area (Å²) < 4.78 is 12.4. The minimum atomic E-state index is 0.325. The lowest BCUT2D eigenvalue weighted by Gasteiger charge is -1.92. The van der Waals surface area contributed by atoms with Gasteiger partial charge in [0.05, 0.1) is 16.6 Å². The van der Waals surface area contributed by atoms with Crippen molar-refractivity contribution in [3.63, 3.8) is 0 Å². The highest BCUT2D eigenvalue weighted by atomic mass is 32.1. The standard InChI is InChI=1S/C13H9N5O2S/c1-18-6-8(5-15-18)12-16-13(20-17-12)10-11(19-7-14-10)9-3-2-4-21-9/h2-7H,1H3. The zero-order valence-electron chi connectivity index (χ0n) is 10.9. The summed E-state index contributed by atoms with van der Waals surface area (Å²) in [4.78, 5) is 9.50. The van der Waals surface area contributed by atoms with E-state index in [0.717, 1.165) is 10.4 Å². The van der Waals surface area contributed by atoms with Crippen molar-refractivity contribution in [3.8, 4) is 33.6 Å². The number of aromatic nitrogens is 5. The summed E-state index contributed by atoms with van der Waals surface area (Å²) in [6.07, 6.45) is 4.87. The van der Waals surface area contributed by atoms with Crippen molar-refractivity contribution in [3.05, 3.63) is 36.3 Å². The van der Waals surface area contributed by atoms with Crippen molar-refractivity contribution in [1.29, 1.82) is 0 Å². The van der Waals surface area contributed by atoms with E-state index in [0.29, 0.717) is 23.2 Å². The van der Waals surface area contributed by atoms with E-state index in [-0.39, 0.29) is 0 Å². The Morgan fingerprint density at radius 3 is 3.05 bits per heavy atom. The summed E-state index contributed by atoms with van der Waals surface area (Å²) in [6.45, 7) is 0. The molecule has 7 nitrogen and oxygen atoms in total. The number of hydrogen-bond donors (Lipinski definition) is 0. The minimum absolute atomic E-state index is 0.325. The molecule has 0 aliphatic heterocycles. The largest absolute Gasteiger partial charge is 0.442 e. The van der Waals surface area contributed by atoms with Crippen molar-refractivity contribution >= 4 is 11.3 Å². The number of hydrogen-bond acceptors (Lipinski definition) is 7. The molecule has 0 aromatic carbocycles. The quantitative estimate of drug-likeness (QED) is 0.578. The summed E-state index contributed by atoms with van der Waals surface area (Å²) in [5, 5.41) is 10.0. The van der Waals surface area contributed by atoms with Gasteiger partial charge in [-0.2, -0.15) is 10.1 Å². The van der Waals surface area contributed by atoms with Gasteiger partial charge in [0.1, 0.15) is 0 Å². The van der Waals surface area contributed by atoms with Crippen LogP contribution < -0.4 is 0 Å². The van der Waals surface area contributed by atoms with Crippen LogP contribution >= 0.6 is 11.3 Å². The molecular formula is C13H9N5O2S. The molecule has 0 saturated heterocycles. The monoisotopic (exact) mass is 299 g/mol. The highest BCUT2D eigenvalue weighted by Gasteiger charge is 2.20. The third-order valence-corrected chi connectivity index (χ3v) is 3.77. The maximum absolute atomic E-state index is 5.44. The van der Waals surface area contributed by atoms with Gasteiger partial charge in [-0.05, 0) is 11.4 Å². The predicted octanol–water partition coefficient (Wildman–Crippen LogP) is 2.85. The molecule has 0 spiro atoms. The molecule has 4 rings (SSSR count). The first-order valence-electron chi connectivity index (χ1n) is 6.12. The Bertz CT molecular complexity index is 874.